The molecule has 0 aliphatic rings. The highest BCUT2D eigenvalue weighted by molar-refractivity contribution is 7.90. The van der Waals surface area contributed by atoms with Gasteiger partial charge in [0.25, 0.3) is 5.56 Å². The zero-order chi connectivity index (χ0) is 22.2. The molecule has 2 heterocycles. The summed E-state index contributed by atoms with van der Waals surface area (Å²) in [6.07, 6.45) is 2.69. The molecule has 4 rings (SSSR count). The SMILES string of the molecule is CS(=O)(=O)c1ccc(-c2cnn(Cc3ccc(Cl)s3)c(=O)c2-c2ccc(F)cc2)cc1. The van der Waals surface area contributed by atoms with Gasteiger partial charge in [0.05, 0.1) is 27.5 Å². The molecule has 0 N–H and O–H groups in total. The molecule has 0 saturated heterocycles. The average Bonchev–Trinajstić information content (AvgIpc) is 3.14. The number of nitrogens with zero attached hydrogens (tertiary/aromatic N) is 2. The van der Waals surface area contributed by atoms with Crippen molar-refractivity contribution in [1.82, 2.24) is 9.78 Å². The van der Waals surface area contributed by atoms with Gasteiger partial charge in [-0.2, -0.15) is 5.10 Å². The van der Waals surface area contributed by atoms with Crippen molar-refractivity contribution in [1.29, 1.82) is 0 Å². The van der Waals surface area contributed by atoms with Crippen LogP contribution in [-0.4, -0.2) is 24.5 Å². The molecule has 0 radical (unpaired) electrons. The molecule has 0 atom stereocenters. The van der Waals surface area contributed by atoms with Crippen LogP contribution in [0.3, 0.4) is 0 Å². The molecule has 2 aromatic heterocycles. The molecule has 0 spiro atoms. The molecule has 158 valence electrons. The van der Waals surface area contributed by atoms with E-state index in [0.717, 1.165) is 11.1 Å². The van der Waals surface area contributed by atoms with Gasteiger partial charge in [-0.15, -0.1) is 11.3 Å². The van der Waals surface area contributed by atoms with Crippen LogP contribution in [-0.2, 0) is 16.4 Å². The van der Waals surface area contributed by atoms with Crippen LogP contribution in [0.5, 0.6) is 0 Å². The zero-order valence-electron chi connectivity index (χ0n) is 16.2. The van der Waals surface area contributed by atoms with Gasteiger partial charge in [0.2, 0.25) is 0 Å². The molecule has 0 saturated carbocycles. The predicted octanol–water partition coefficient (Wildman–Crippen LogP) is 4.88. The Balaban J connectivity index is 1.87. The summed E-state index contributed by atoms with van der Waals surface area (Å²) in [4.78, 5) is 14.4. The molecule has 2 aromatic carbocycles. The van der Waals surface area contributed by atoms with E-state index < -0.39 is 15.7 Å². The van der Waals surface area contributed by atoms with E-state index in [0.29, 0.717) is 26.6 Å². The second-order valence-electron chi connectivity index (χ2n) is 6.91. The van der Waals surface area contributed by atoms with Gasteiger partial charge < -0.3 is 0 Å². The molecule has 0 bridgehead atoms. The third kappa shape index (κ3) is 4.61. The summed E-state index contributed by atoms with van der Waals surface area (Å²) in [5.74, 6) is -0.412. The maximum absolute atomic E-state index is 13.5. The van der Waals surface area contributed by atoms with E-state index in [2.05, 4.69) is 5.10 Å². The minimum atomic E-state index is -3.35. The molecule has 0 amide bonds. The smallest absolute Gasteiger partial charge is 0.267 e. The van der Waals surface area contributed by atoms with Crippen molar-refractivity contribution in [3.8, 4) is 22.3 Å². The lowest BCUT2D eigenvalue weighted by Crippen LogP contribution is -2.25. The Kier molecular flexibility index (Phi) is 5.79. The molecule has 31 heavy (non-hydrogen) atoms. The van der Waals surface area contributed by atoms with Crippen molar-refractivity contribution in [2.75, 3.05) is 6.26 Å². The van der Waals surface area contributed by atoms with E-state index in [4.69, 9.17) is 11.6 Å². The number of benzene rings is 2. The average molecular weight is 475 g/mol. The van der Waals surface area contributed by atoms with E-state index in [9.17, 15) is 17.6 Å². The normalized spacial score (nSPS) is 11.6. The van der Waals surface area contributed by atoms with E-state index in [-0.39, 0.29) is 17.0 Å². The van der Waals surface area contributed by atoms with Crippen molar-refractivity contribution < 1.29 is 12.8 Å². The fourth-order valence-electron chi connectivity index (χ4n) is 3.18. The highest BCUT2D eigenvalue weighted by Crippen LogP contribution is 2.30. The Morgan fingerprint density at radius 3 is 2.23 bits per heavy atom. The molecule has 0 fully saturated rings. The van der Waals surface area contributed by atoms with Crippen LogP contribution in [0.4, 0.5) is 4.39 Å². The van der Waals surface area contributed by atoms with E-state index in [1.54, 1.807) is 24.4 Å². The fourth-order valence-corrected chi connectivity index (χ4v) is 4.88. The number of rotatable bonds is 5. The lowest BCUT2D eigenvalue weighted by atomic mass is 9.97. The molecular formula is C22H16ClFN2O3S2. The topological polar surface area (TPSA) is 69.0 Å². The second kappa shape index (κ2) is 8.37. The fraction of sp³-hybridized carbons (Fsp3) is 0.0909. The van der Waals surface area contributed by atoms with Crippen LogP contribution in [0.25, 0.3) is 22.3 Å². The second-order valence-corrected chi connectivity index (χ2v) is 10.7. The van der Waals surface area contributed by atoms with Crippen molar-refractivity contribution >= 4 is 32.8 Å². The third-order valence-corrected chi connectivity index (χ3v) is 7.05. The van der Waals surface area contributed by atoms with Gasteiger partial charge >= 0.3 is 0 Å². The molecule has 0 aliphatic heterocycles. The number of thiophene rings is 1. The van der Waals surface area contributed by atoms with Gasteiger partial charge in [0.1, 0.15) is 5.82 Å². The predicted molar refractivity (Wildman–Crippen MR) is 121 cm³/mol. The van der Waals surface area contributed by atoms with Crippen LogP contribution in [0.1, 0.15) is 4.88 Å². The maximum Gasteiger partial charge on any atom is 0.275 e. The first-order chi connectivity index (χ1) is 14.7. The van der Waals surface area contributed by atoms with Crippen LogP contribution in [0.15, 0.2) is 76.6 Å². The Bertz CT molecular complexity index is 1410. The van der Waals surface area contributed by atoms with Gasteiger partial charge in [-0.05, 0) is 47.5 Å². The first kappa shape index (κ1) is 21.4. The van der Waals surface area contributed by atoms with Gasteiger partial charge in [0.15, 0.2) is 9.84 Å². The van der Waals surface area contributed by atoms with Crippen molar-refractivity contribution in [2.24, 2.45) is 0 Å². The number of aromatic nitrogens is 2. The summed E-state index contributed by atoms with van der Waals surface area (Å²) in [5.41, 5.74) is 1.69. The van der Waals surface area contributed by atoms with Crippen molar-refractivity contribution in [2.45, 2.75) is 11.4 Å². The lowest BCUT2D eigenvalue weighted by molar-refractivity contribution is 0.602. The number of hydrogen-bond acceptors (Lipinski definition) is 5. The highest BCUT2D eigenvalue weighted by atomic mass is 35.5. The van der Waals surface area contributed by atoms with Crippen LogP contribution >= 0.6 is 22.9 Å². The first-order valence-electron chi connectivity index (χ1n) is 9.13. The Morgan fingerprint density at radius 2 is 1.65 bits per heavy atom. The van der Waals surface area contributed by atoms with Gasteiger partial charge in [-0.1, -0.05) is 35.9 Å². The molecular weight excluding hydrogens is 459 g/mol. The van der Waals surface area contributed by atoms with Crippen molar-refractivity contribution in [3.05, 3.63) is 92.2 Å². The molecule has 4 aromatic rings. The van der Waals surface area contributed by atoms with E-state index in [1.807, 2.05) is 6.07 Å². The van der Waals surface area contributed by atoms with Crippen LogP contribution in [0, 0.1) is 5.82 Å². The largest absolute Gasteiger partial charge is 0.275 e. The van der Waals surface area contributed by atoms with E-state index >= 15 is 0 Å². The summed E-state index contributed by atoms with van der Waals surface area (Å²) >= 11 is 7.35. The van der Waals surface area contributed by atoms with Crippen LogP contribution in [0.2, 0.25) is 4.34 Å². The Labute approximate surface area is 187 Å². The van der Waals surface area contributed by atoms with Gasteiger partial charge in [-0.3, -0.25) is 4.79 Å². The zero-order valence-corrected chi connectivity index (χ0v) is 18.6. The summed E-state index contributed by atoms with van der Waals surface area (Å²) in [7, 11) is -3.35. The van der Waals surface area contributed by atoms with Gasteiger partial charge in [-0.25, -0.2) is 17.5 Å². The molecule has 9 heteroatoms. The summed E-state index contributed by atoms with van der Waals surface area (Å²) in [6.45, 7) is 0.248. The molecule has 5 nitrogen and oxygen atoms in total. The third-order valence-electron chi connectivity index (χ3n) is 4.70. The summed E-state index contributed by atoms with van der Waals surface area (Å²) < 4.78 is 39.0. The number of hydrogen-bond donors (Lipinski definition) is 0. The highest BCUT2D eigenvalue weighted by Gasteiger charge is 2.17. The Morgan fingerprint density at radius 1 is 1.00 bits per heavy atom. The quantitative estimate of drug-likeness (QED) is 0.413. The Hall–Kier alpha value is -2.81. The van der Waals surface area contributed by atoms with Gasteiger partial charge in [0, 0.05) is 16.7 Å². The summed E-state index contributed by atoms with van der Waals surface area (Å²) in [5, 5.41) is 4.31. The van der Waals surface area contributed by atoms with Crippen molar-refractivity contribution in [3.63, 3.8) is 0 Å². The minimum Gasteiger partial charge on any atom is -0.267 e. The maximum atomic E-state index is 13.5. The molecule has 0 aliphatic carbocycles. The minimum absolute atomic E-state index is 0.176. The first-order valence-corrected chi connectivity index (χ1v) is 12.2. The van der Waals surface area contributed by atoms with E-state index in [1.165, 1.54) is 52.4 Å². The standard InChI is InChI=1S/C22H16ClFN2O3S2/c1-31(28,29)18-9-4-14(5-10-18)19-12-25-26(13-17-8-11-20(23)30-17)22(27)21(19)15-2-6-16(24)7-3-15/h2-12H,13H2,1H3. The molecule has 0 unspecified atom stereocenters. The summed E-state index contributed by atoms with van der Waals surface area (Å²) in [6, 6.07) is 15.5. The number of sulfone groups is 1. The lowest BCUT2D eigenvalue weighted by Gasteiger charge is -2.13. The van der Waals surface area contributed by atoms with Crippen LogP contribution < -0.4 is 5.56 Å². The monoisotopic (exact) mass is 474 g/mol. The number of halogens is 2.